The maximum absolute atomic E-state index is 13.3. The van der Waals surface area contributed by atoms with Gasteiger partial charge in [0.25, 0.3) is 0 Å². The average molecular weight is 416 g/mol. The molecule has 0 bridgehead atoms. The molecule has 0 aliphatic carbocycles. The molecule has 30 heavy (non-hydrogen) atoms. The number of carbonyl (C=O) groups is 1. The molecule has 1 aliphatic rings. The fourth-order valence-electron chi connectivity index (χ4n) is 3.34. The number of ether oxygens (including phenoxy) is 7. The van der Waals surface area contributed by atoms with Crippen LogP contribution < -0.4 is 33.2 Å². The van der Waals surface area contributed by atoms with Gasteiger partial charge in [-0.1, -0.05) is 0 Å². The van der Waals surface area contributed by atoms with Crippen molar-refractivity contribution < 1.29 is 38.0 Å². The molecular formula is C22H24O8. The highest BCUT2D eigenvalue weighted by Gasteiger charge is 2.32. The molecule has 0 saturated carbocycles. The molecule has 0 amide bonds. The summed E-state index contributed by atoms with van der Waals surface area (Å²) in [6.45, 7) is 0.0845. The summed E-state index contributed by atoms with van der Waals surface area (Å²) in [7, 11) is 9.04. The van der Waals surface area contributed by atoms with Gasteiger partial charge < -0.3 is 33.2 Å². The van der Waals surface area contributed by atoms with Gasteiger partial charge in [-0.2, -0.15) is 0 Å². The molecule has 1 heterocycles. The first-order valence-electron chi connectivity index (χ1n) is 9.03. The fourth-order valence-corrected chi connectivity index (χ4v) is 3.34. The topological polar surface area (TPSA) is 81.7 Å². The van der Waals surface area contributed by atoms with Gasteiger partial charge in [0.15, 0.2) is 28.8 Å². The van der Waals surface area contributed by atoms with Gasteiger partial charge in [0.05, 0.1) is 42.7 Å². The Labute approximate surface area is 174 Å². The van der Waals surface area contributed by atoms with E-state index < -0.39 is 0 Å². The highest BCUT2D eigenvalue weighted by atomic mass is 16.5. The lowest BCUT2D eigenvalue weighted by molar-refractivity contribution is 0.0996. The first-order chi connectivity index (χ1) is 14.5. The summed E-state index contributed by atoms with van der Waals surface area (Å²) < 4.78 is 38.1. The van der Waals surface area contributed by atoms with E-state index in [9.17, 15) is 4.79 Å². The summed E-state index contributed by atoms with van der Waals surface area (Å²) in [4.78, 5) is 13.3. The largest absolute Gasteiger partial charge is 0.493 e. The number of benzene rings is 2. The van der Waals surface area contributed by atoms with Crippen LogP contribution in [0.3, 0.4) is 0 Å². The molecule has 0 saturated heterocycles. The zero-order valence-electron chi connectivity index (χ0n) is 17.8. The van der Waals surface area contributed by atoms with Gasteiger partial charge in [-0.25, -0.2) is 0 Å². The first-order valence-corrected chi connectivity index (χ1v) is 9.03. The maximum atomic E-state index is 13.3. The van der Waals surface area contributed by atoms with E-state index in [2.05, 4.69) is 0 Å². The predicted octanol–water partition coefficient (Wildman–Crippen LogP) is 3.40. The van der Waals surface area contributed by atoms with E-state index >= 15 is 0 Å². The van der Waals surface area contributed by atoms with Gasteiger partial charge in [-0.3, -0.25) is 4.79 Å². The van der Waals surface area contributed by atoms with Crippen LogP contribution in [0, 0.1) is 0 Å². The van der Waals surface area contributed by atoms with Crippen molar-refractivity contribution in [2.24, 2.45) is 0 Å². The van der Waals surface area contributed by atoms with Gasteiger partial charge in [0, 0.05) is 11.6 Å². The molecule has 0 radical (unpaired) electrons. The third-order valence-corrected chi connectivity index (χ3v) is 4.72. The lowest BCUT2D eigenvalue weighted by atomic mass is 9.96. The van der Waals surface area contributed by atoms with Crippen molar-refractivity contribution in [2.45, 2.75) is 0 Å². The summed E-state index contributed by atoms with van der Waals surface area (Å²) >= 11 is 0. The number of carbonyl (C=O) groups excluding carboxylic acids is 1. The summed E-state index contributed by atoms with van der Waals surface area (Å²) in [5, 5.41) is 0. The molecule has 2 aromatic carbocycles. The molecule has 0 aromatic heterocycles. The molecule has 8 nitrogen and oxygen atoms in total. The standard InChI is InChI=1S/C22H24O8/c1-24-15-8-12(9-16(25-2)20(15)27-4)7-13-11-30-14-10-17(26-3)21(28-5)22(29-6)18(14)19(13)23/h7-10H,11H2,1-6H3/b13-7+. The van der Waals surface area contributed by atoms with Gasteiger partial charge >= 0.3 is 0 Å². The molecule has 3 rings (SSSR count). The van der Waals surface area contributed by atoms with Crippen LogP contribution in [0.5, 0.6) is 40.2 Å². The Balaban J connectivity index is 2.11. The minimum atomic E-state index is -0.234. The van der Waals surface area contributed by atoms with Gasteiger partial charge in [0.1, 0.15) is 17.9 Å². The second-order valence-electron chi connectivity index (χ2n) is 6.26. The SMILES string of the molecule is COc1cc(/C=C2\COc3cc(OC)c(OC)c(OC)c3C2=O)cc(OC)c1OC. The van der Waals surface area contributed by atoms with Gasteiger partial charge in [0.2, 0.25) is 11.5 Å². The smallest absolute Gasteiger partial charge is 0.204 e. The van der Waals surface area contributed by atoms with E-state index in [1.165, 1.54) is 42.7 Å². The average Bonchev–Trinajstić information content (AvgIpc) is 2.78. The van der Waals surface area contributed by atoms with Crippen molar-refractivity contribution in [3.63, 3.8) is 0 Å². The van der Waals surface area contributed by atoms with Gasteiger partial charge in [-0.05, 0) is 23.8 Å². The summed E-state index contributed by atoms with van der Waals surface area (Å²) in [6, 6.07) is 5.12. The van der Waals surface area contributed by atoms with Crippen LogP contribution in [0.4, 0.5) is 0 Å². The van der Waals surface area contributed by atoms with E-state index in [4.69, 9.17) is 33.2 Å². The molecule has 8 heteroatoms. The van der Waals surface area contributed by atoms with Crippen LogP contribution >= 0.6 is 0 Å². The molecule has 160 valence electrons. The van der Waals surface area contributed by atoms with Crippen molar-refractivity contribution in [3.8, 4) is 40.2 Å². The second-order valence-corrected chi connectivity index (χ2v) is 6.26. The lowest BCUT2D eigenvalue weighted by Crippen LogP contribution is -2.20. The molecule has 2 aromatic rings. The minimum Gasteiger partial charge on any atom is -0.493 e. The summed E-state index contributed by atoms with van der Waals surface area (Å²) in [5.74, 6) is 2.57. The monoisotopic (exact) mass is 416 g/mol. The van der Waals surface area contributed by atoms with Crippen molar-refractivity contribution in [1.29, 1.82) is 0 Å². The molecule has 0 fully saturated rings. The van der Waals surface area contributed by atoms with E-state index in [1.807, 2.05) is 0 Å². The molecular weight excluding hydrogens is 392 g/mol. The quantitative estimate of drug-likeness (QED) is 0.636. The van der Waals surface area contributed by atoms with Crippen LogP contribution in [0.15, 0.2) is 23.8 Å². The van der Waals surface area contributed by atoms with Crippen LogP contribution in [0.25, 0.3) is 6.08 Å². The Hall–Kier alpha value is -3.55. The zero-order chi connectivity index (χ0) is 21.8. The molecule has 0 N–H and O–H groups in total. The third-order valence-electron chi connectivity index (χ3n) is 4.72. The van der Waals surface area contributed by atoms with Gasteiger partial charge in [-0.15, -0.1) is 0 Å². The molecule has 0 unspecified atom stereocenters. The normalized spacial score (nSPS) is 13.9. The number of fused-ring (bicyclic) bond motifs is 1. The van der Waals surface area contributed by atoms with Crippen LogP contribution in [0.1, 0.15) is 15.9 Å². The Morgan fingerprint density at radius 3 is 1.77 bits per heavy atom. The van der Waals surface area contributed by atoms with Crippen molar-refractivity contribution in [1.82, 2.24) is 0 Å². The first kappa shape index (κ1) is 21.2. The summed E-state index contributed by atoms with van der Waals surface area (Å²) in [6.07, 6.45) is 1.71. The summed E-state index contributed by atoms with van der Waals surface area (Å²) in [5.41, 5.74) is 1.40. The number of methoxy groups -OCH3 is 6. The highest BCUT2D eigenvalue weighted by molar-refractivity contribution is 6.16. The Kier molecular flexibility index (Phi) is 6.25. The van der Waals surface area contributed by atoms with E-state index in [1.54, 1.807) is 24.3 Å². The minimum absolute atomic E-state index is 0.0845. The predicted molar refractivity (Wildman–Crippen MR) is 110 cm³/mol. The number of ketones is 1. The Bertz CT molecular complexity index is 968. The maximum Gasteiger partial charge on any atom is 0.204 e. The third kappa shape index (κ3) is 3.56. The fraction of sp³-hybridized carbons (Fsp3) is 0.318. The van der Waals surface area contributed by atoms with E-state index in [0.717, 1.165) is 0 Å². The van der Waals surface area contributed by atoms with Crippen LogP contribution in [-0.2, 0) is 0 Å². The molecule has 0 atom stereocenters. The van der Waals surface area contributed by atoms with Crippen LogP contribution in [0.2, 0.25) is 0 Å². The Morgan fingerprint density at radius 2 is 1.27 bits per heavy atom. The number of hydrogen-bond donors (Lipinski definition) is 0. The molecule has 0 spiro atoms. The second kappa shape index (κ2) is 8.86. The van der Waals surface area contributed by atoms with E-state index in [-0.39, 0.29) is 23.7 Å². The lowest BCUT2D eigenvalue weighted by Gasteiger charge is -2.23. The number of hydrogen-bond acceptors (Lipinski definition) is 8. The van der Waals surface area contributed by atoms with Crippen LogP contribution in [-0.4, -0.2) is 55.0 Å². The highest BCUT2D eigenvalue weighted by Crippen LogP contribution is 2.47. The number of rotatable bonds is 7. The van der Waals surface area contributed by atoms with Crippen molar-refractivity contribution in [3.05, 3.63) is 34.9 Å². The number of Topliss-reactive ketones (excluding diaryl/α,β-unsaturated/α-hetero) is 1. The van der Waals surface area contributed by atoms with E-state index in [0.29, 0.717) is 45.6 Å². The van der Waals surface area contributed by atoms with Crippen molar-refractivity contribution in [2.75, 3.05) is 49.3 Å². The zero-order valence-corrected chi connectivity index (χ0v) is 17.8. The Morgan fingerprint density at radius 1 is 0.733 bits per heavy atom. The molecule has 1 aliphatic heterocycles. The van der Waals surface area contributed by atoms with Crippen molar-refractivity contribution >= 4 is 11.9 Å².